The lowest BCUT2D eigenvalue weighted by molar-refractivity contribution is -0.140. The molecule has 1 amide bonds. The molecule has 1 fully saturated rings. The molecule has 27 heavy (non-hydrogen) atoms. The molecule has 1 aliphatic rings. The molecule has 0 radical (unpaired) electrons. The topological polar surface area (TPSA) is 113 Å². The number of carbonyl (C=O) groups is 2. The summed E-state index contributed by atoms with van der Waals surface area (Å²) in [5, 5.41) is 11.7. The van der Waals surface area contributed by atoms with Crippen LogP contribution in [0.3, 0.4) is 0 Å². The zero-order valence-electron chi connectivity index (χ0n) is 14.7. The first-order chi connectivity index (χ1) is 12.7. The van der Waals surface area contributed by atoms with Gasteiger partial charge in [-0.15, -0.1) is 0 Å². The van der Waals surface area contributed by atoms with Gasteiger partial charge in [-0.25, -0.2) is 17.9 Å². The quantitative estimate of drug-likeness (QED) is 0.670. The van der Waals surface area contributed by atoms with Gasteiger partial charge in [0, 0.05) is 12.1 Å². The van der Waals surface area contributed by atoms with Crippen molar-refractivity contribution in [1.29, 1.82) is 0 Å². The molecule has 0 aliphatic heterocycles. The van der Waals surface area contributed by atoms with Crippen molar-refractivity contribution in [1.82, 2.24) is 10.0 Å². The van der Waals surface area contributed by atoms with E-state index in [1.165, 1.54) is 18.2 Å². The fourth-order valence-electron chi connectivity index (χ4n) is 2.69. The molecule has 1 aliphatic carbocycles. The van der Waals surface area contributed by atoms with Gasteiger partial charge in [0.25, 0.3) is 5.91 Å². The molecule has 2 aromatic carbocycles. The molecular formula is C19H20N2O5S. The summed E-state index contributed by atoms with van der Waals surface area (Å²) < 4.78 is 27.9. The van der Waals surface area contributed by atoms with Gasteiger partial charge in [-0.1, -0.05) is 36.4 Å². The molecule has 142 valence electrons. The van der Waals surface area contributed by atoms with Crippen molar-refractivity contribution in [3.8, 4) is 0 Å². The van der Waals surface area contributed by atoms with Crippen LogP contribution in [0.25, 0.3) is 0 Å². The normalized spacial score (nSPS) is 15.1. The van der Waals surface area contributed by atoms with Crippen molar-refractivity contribution in [2.45, 2.75) is 36.7 Å². The zero-order chi connectivity index (χ0) is 19.7. The molecule has 0 atom stereocenters. The minimum Gasteiger partial charge on any atom is -0.480 e. The number of hydrogen-bond acceptors (Lipinski definition) is 4. The highest BCUT2D eigenvalue weighted by atomic mass is 32.2. The fourth-order valence-corrected chi connectivity index (χ4v) is 3.98. The number of carboxylic acids is 1. The van der Waals surface area contributed by atoms with Crippen LogP contribution in [-0.4, -0.2) is 30.9 Å². The number of rotatable bonds is 7. The first-order valence-corrected chi connectivity index (χ1v) is 9.92. The lowest BCUT2D eigenvalue weighted by Gasteiger charge is -2.14. The SMILES string of the molecule is Cc1ccc(C(=O)NC2(C(=O)O)CC2)cc1S(=O)(=O)NCc1ccccc1. The lowest BCUT2D eigenvalue weighted by Crippen LogP contribution is -2.43. The standard InChI is InChI=1S/C19H20N2O5S/c1-13-7-8-15(17(22)21-19(9-10-19)18(23)24)11-16(13)27(25,26)20-12-14-5-3-2-4-6-14/h2-8,11,20H,9-10,12H2,1H3,(H,21,22)(H,23,24). The molecule has 0 saturated heterocycles. The van der Waals surface area contributed by atoms with Gasteiger partial charge in [0.15, 0.2) is 0 Å². The molecule has 0 unspecified atom stereocenters. The third-order valence-corrected chi connectivity index (χ3v) is 6.10. The second-order valence-electron chi connectivity index (χ2n) is 6.63. The smallest absolute Gasteiger partial charge is 0.329 e. The van der Waals surface area contributed by atoms with E-state index in [0.29, 0.717) is 18.4 Å². The van der Waals surface area contributed by atoms with E-state index in [4.69, 9.17) is 0 Å². The van der Waals surface area contributed by atoms with Gasteiger partial charge in [-0.05, 0) is 43.0 Å². The zero-order valence-corrected chi connectivity index (χ0v) is 15.5. The number of sulfonamides is 1. The lowest BCUT2D eigenvalue weighted by atomic mass is 10.1. The first-order valence-electron chi connectivity index (χ1n) is 8.44. The molecule has 8 heteroatoms. The minimum atomic E-state index is -3.84. The van der Waals surface area contributed by atoms with E-state index in [1.54, 1.807) is 19.1 Å². The summed E-state index contributed by atoms with van der Waals surface area (Å²) in [6.07, 6.45) is 0.730. The highest BCUT2D eigenvalue weighted by Crippen LogP contribution is 2.35. The Bertz CT molecular complexity index is 982. The van der Waals surface area contributed by atoms with E-state index in [2.05, 4.69) is 10.0 Å². The second kappa shape index (κ2) is 7.13. The molecule has 2 aromatic rings. The Morgan fingerprint density at radius 1 is 1.11 bits per heavy atom. The van der Waals surface area contributed by atoms with Crippen LogP contribution in [0.2, 0.25) is 0 Å². The maximum absolute atomic E-state index is 12.7. The Kier molecular flexibility index (Phi) is 5.03. The van der Waals surface area contributed by atoms with Crippen molar-refractivity contribution in [3.63, 3.8) is 0 Å². The molecule has 0 aromatic heterocycles. The Morgan fingerprint density at radius 3 is 2.37 bits per heavy atom. The molecule has 3 N–H and O–H groups in total. The van der Waals surface area contributed by atoms with Crippen LogP contribution >= 0.6 is 0 Å². The summed E-state index contributed by atoms with van der Waals surface area (Å²) in [4.78, 5) is 23.6. The Balaban J connectivity index is 1.80. The Labute approximate surface area is 157 Å². The number of aryl methyl sites for hydroxylation is 1. The van der Waals surface area contributed by atoms with E-state index in [1.807, 2.05) is 18.2 Å². The fraction of sp³-hybridized carbons (Fsp3) is 0.263. The molecule has 0 spiro atoms. The largest absolute Gasteiger partial charge is 0.480 e. The summed E-state index contributed by atoms with van der Waals surface area (Å²) in [7, 11) is -3.84. The van der Waals surface area contributed by atoms with E-state index < -0.39 is 27.4 Å². The van der Waals surface area contributed by atoms with Crippen LogP contribution in [0, 0.1) is 6.92 Å². The summed E-state index contributed by atoms with van der Waals surface area (Å²) in [5.74, 6) is -1.69. The number of benzene rings is 2. The van der Waals surface area contributed by atoms with Crippen molar-refractivity contribution < 1.29 is 23.1 Å². The maximum Gasteiger partial charge on any atom is 0.329 e. The number of hydrogen-bond donors (Lipinski definition) is 3. The molecule has 1 saturated carbocycles. The van der Waals surface area contributed by atoms with E-state index in [9.17, 15) is 23.1 Å². The number of carbonyl (C=O) groups excluding carboxylic acids is 1. The average molecular weight is 388 g/mol. The highest BCUT2D eigenvalue weighted by molar-refractivity contribution is 7.89. The summed E-state index contributed by atoms with van der Waals surface area (Å²) in [5.41, 5.74) is 0.177. The van der Waals surface area contributed by atoms with Crippen molar-refractivity contribution in [3.05, 3.63) is 65.2 Å². The monoisotopic (exact) mass is 388 g/mol. The summed E-state index contributed by atoms with van der Waals surface area (Å²) in [6.45, 7) is 1.76. The van der Waals surface area contributed by atoms with Crippen LogP contribution < -0.4 is 10.0 Å². The summed E-state index contributed by atoms with van der Waals surface area (Å²) >= 11 is 0. The maximum atomic E-state index is 12.7. The molecule has 3 rings (SSSR count). The third kappa shape index (κ3) is 4.17. The third-order valence-electron chi connectivity index (χ3n) is 4.56. The van der Waals surface area contributed by atoms with Crippen LogP contribution in [0.15, 0.2) is 53.4 Å². The Morgan fingerprint density at radius 2 is 1.78 bits per heavy atom. The van der Waals surface area contributed by atoms with Crippen LogP contribution in [0.5, 0.6) is 0 Å². The van der Waals surface area contributed by atoms with Crippen molar-refractivity contribution in [2.24, 2.45) is 0 Å². The van der Waals surface area contributed by atoms with E-state index in [0.717, 1.165) is 5.56 Å². The van der Waals surface area contributed by atoms with Crippen molar-refractivity contribution >= 4 is 21.9 Å². The van der Waals surface area contributed by atoms with Crippen LogP contribution in [-0.2, 0) is 21.4 Å². The second-order valence-corrected chi connectivity index (χ2v) is 8.37. The number of amides is 1. The molecule has 0 bridgehead atoms. The van der Waals surface area contributed by atoms with Gasteiger partial charge >= 0.3 is 5.97 Å². The van der Waals surface area contributed by atoms with Gasteiger partial charge in [-0.2, -0.15) is 0 Å². The van der Waals surface area contributed by atoms with Gasteiger partial charge in [-0.3, -0.25) is 4.79 Å². The van der Waals surface area contributed by atoms with Crippen molar-refractivity contribution in [2.75, 3.05) is 0 Å². The first kappa shape index (κ1) is 19.1. The van der Waals surface area contributed by atoms with Gasteiger partial charge < -0.3 is 10.4 Å². The summed E-state index contributed by atoms with van der Waals surface area (Å²) in [6, 6.07) is 13.4. The Hall–Kier alpha value is -2.71. The van der Waals surface area contributed by atoms with E-state index in [-0.39, 0.29) is 17.0 Å². The highest BCUT2D eigenvalue weighted by Gasteiger charge is 2.51. The predicted octanol–water partition coefficient (Wildman–Crippen LogP) is 1.82. The van der Waals surface area contributed by atoms with Gasteiger partial charge in [0.2, 0.25) is 10.0 Å². The molecular weight excluding hydrogens is 368 g/mol. The van der Waals surface area contributed by atoms with Crippen LogP contribution in [0.4, 0.5) is 0 Å². The predicted molar refractivity (Wildman–Crippen MR) is 98.7 cm³/mol. The van der Waals surface area contributed by atoms with E-state index >= 15 is 0 Å². The van der Waals surface area contributed by atoms with Gasteiger partial charge in [0.1, 0.15) is 5.54 Å². The number of carboxylic acid groups (broad SMARTS) is 1. The van der Waals surface area contributed by atoms with Gasteiger partial charge in [0.05, 0.1) is 4.90 Å². The van der Waals surface area contributed by atoms with Crippen LogP contribution in [0.1, 0.15) is 34.3 Å². The average Bonchev–Trinajstić information content (AvgIpc) is 3.42. The number of aliphatic carboxylic acids is 1. The molecule has 7 nitrogen and oxygen atoms in total. The molecule has 0 heterocycles. The number of nitrogens with one attached hydrogen (secondary N) is 2. The minimum absolute atomic E-state index is 0.00810.